The number of phenols is 1. The fourth-order valence-corrected chi connectivity index (χ4v) is 4.08. The van der Waals surface area contributed by atoms with Crippen molar-refractivity contribution in [2.24, 2.45) is 0 Å². The van der Waals surface area contributed by atoms with Crippen molar-refractivity contribution in [2.75, 3.05) is 12.0 Å². The molecule has 4 rings (SSSR count). The SMILES string of the molecule is COc1ccc(N2C(=O)C(=O)/C(=C(\O)c3ccc(C)c(C)c3)C2c2ccc(O)c(Cl)c2)cc1. The highest BCUT2D eigenvalue weighted by Crippen LogP contribution is 2.43. The van der Waals surface area contributed by atoms with Crippen molar-refractivity contribution < 1.29 is 24.5 Å². The minimum atomic E-state index is -0.946. The van der Waals surface area contributed by atoms with Crippen LogP contribution in [0, 0.1) is 13.8 Å². The van der Waals surface area contributed by atoms with E-state index >= 15 is 0 Å². The Bertz CT molecular complexity index is 1300. The maximum Gasteiger partial charge on any atom is 0.300 e. The van der Waals surface area contributed by atoms with E-state index in [0.29, 0.717) is 22.6 Å². The van der Waals surface area contributed by atoms with E-state index in [1.807, 2.05) is 19.9 Å². The normalized spacial score (nSPS) is 17.5. The van der Waals surface area contributed by atoms with Crippen LogP contribution in [0.1, 0.15) is 28.3 Å². The van der Waals surface area contributed by atoms with Gasteiger partial charge in [-0.1, -0.05) is 29.8 Å². The zero-order chi connectivity index (χ0) is 23.9. The Kier molecular flexibility index (Phi) is 5.87. The molecule has 1 heterocycles. The molecule has 1 aliphatic rings. The van der Waals surface area contributed by atoms with Gasteiger partial charge in [0.2, 0.25) is 0 Å². The van der Waals surface area contributed by atoms with Crippen LogP contribution in [0.25, 0.3) is 5.76 Å². The lowest BCUT2D eigenvalue weighted by Gasteiger charge is -2.26. The van der Waals surface area contributed by atoms with Crippen LogP contribution in [-0.4, -0.2) is 29.0 Å². The van der Waals surface area contributed by atoms with Gasteiger partial charge in [0.25, 0.3) is 11.7 Å². The predicted molar refractivity (Wildman–Crippen MR) is 127 cm³/mol. The number of hydrogen-bond acceptors (Lipinski definition) is 5. The summed E-state index contributed by atoms with van der Waals surface area (Å²) in [5.74, 6) is -1.40. The van der Waals surface area contributed by atoms with E-state index in [2.05, 4.69) is 0 Å². The predicted octanol–water partition coefficient (Wildman–Crippen LogP) is 5.30. The summed E-state index contributed by atoms with van der Waals surface area (Å²) in [6.07, 6.45) is 0. The first-order valence-electron chi connectivity index (χ1n) is 10.2. The molecule has 33 heavy (non-hydrogen) atoms. The molecule has 7 heteroatoms. The number of aryl methyl sites for hydroxylation is 2. The number of hydrogen-bond donors (Lipinski definition) is 2. The first-order chi connectivity index (χ1) is 15.7. The van der Waals surface area contributed by atoms with Crippen molar-refractivity contribution >= 4 is 34.7 Å². The average molecular weight is 464 g/mol. The van der Waals surface area contributed by atoms with Crippen LogP contribution in [0.15, 0.2) is 66.2 Å². The zero-order valence-electron chi connectivity index (χ0n) is 18.3. The molecule has 0 radical (unpaired) electrons. The van der Waals surface area contributed by atoms with E-state index in [4.69, 9.17) is 16.3 Å². The number of rotatable bonds is 4. The highest BCUT2D eigenvalue weighted by atomic mass is 35.5. The van der Waals surface area contributed by atoms with Crippen LogP contribution < -0.4 is 9.64 Å². The molecule has 0 spiro atoms. The van der Waals surface area contributed by atoms with E-state index in [1.165, 1.54) is 24.1 Å². The van der Waals surface area contributed by atoms with Gasteiger partial charge in [0.15, 0.2) is 0 Å². The number of halogens is 1. The number of carbonyl (C=O) groups is 2. The van der Waals surface area contributed by atoms with Gasteiger partial charge in [-0.3, -0.25) is 14.5 Å². The lowest BCUT2D eigenvalue weighted by atomic mass is 9.94. The van der Waals surface area contributed by atoms with Gasteiger partial charge in [-0.15, -0.1) is 0 Å². The Labute approximate surface area is 196 Å². The van der Waals surface area contributed by atoms with Gasteiger partial charge in [-0.25, -0.2) is 0 Å². The van der Waals surface area contributed by atoms with Gasteiger partial charge in [-0.2, -0.15) is 0 Å². The second kappa shape index (κ2) is 8.64. The number of methoxy groups -OCH3 is 1. The molecule has 3 aromatic rings. The quantitative estimate of drug-likeness (QED) is 0.311. The van der Waals surface area contributed by atoms with Crippen molar-refractivity contribution in [2.45, 2.75) is 19.9 Å². The number of Topliss-reactive ketones (excluding diaryl/α,β-unsaturated/α-hetero) is 1. The smallest absolute Gasteiger partial charge is 0.300 e. The van der Waals surface area contributed by atoms with Crippen molar-refractivity contribution in [3.63, 3.8) is 0 Å². The summed E-state index contributed by atoms with van der Waals surface area (Å²) >= 11 is 6.15. The number of aliphatic hydroxyl groups is 1. The molecule has 168 valence electrons. The molecule has 2 N–H and O–H groups in total. The number of aromatic hydroxyl groups is 1. The molecule has 1 unspecified atom stereocenters. The number of nitrogens with zero attached hydrogens (tertiary/aromatic N) is 1. The fourth-order valence-electron chi connectivity index (χ4n) is 3.89. The Hall–Kier alpha value is -3.77. The molecule has 1 atom stereocenters. The number of amides is 1. The summed E-state index contributed by atoms with van der Waals surface area (Å²) in [5, 5.41) is 21.2. The van der Waals surface area contributed by atoms with Crippen LogP contribution >= 0.6 is 11.6 Å². The highest BCUT2D eigenvalue weighted by Gasteiger charge is 2.47. The third-order valence-corrected chi connectivity index (χ3v) is 6.17. The molecule has 1 fully saturated rings. The van der Waals surface area contributed by atoms with Crippen molar-refractivity contribution in [3.05, 3.63) is 93.5 Å². The third-order valence-electron chi connectivity index (χ3n) is 5.86. The van der Waals surface area contributed by atoms with Gasteiger partial charge in [0.05, 0.1) is 23.7 Å². The first-order valence-corrected chi connectivity index (χ1v) is 10.6. The standard InChI is InChI=1S/C26H22ClNO5/c1-14-4-5-17(12-15(14)2)24(30)22-23(16-6-11-21(29)20(27)13-16)28(26(32)25(22)31)18-7-9-19(33-3)10-8-18/h4-13,23,29-30H,1-3H3/b24-22-. The number of ketones is 1. The summed E-state index contributed by atoms with van der Waals surface area (Å²) in [7, 11) is 1.53. The average Bonchev–Trinajstić information content (AvgIpc) is 3.07. The number of phenolic OH excluding ortho intramolecular Hbond substituents is 1. The number of aliphatic hydroxyl groups excluding tert-OH is 1. The van der Waals surface area contributed by atoms with Crippen molar-refractivity contribution in [1.82, 2.24) is 0 Å². The molecular formula is C26H22ClNO5. The number of benzene rings is 3. The molecule has 1 aliphatic heterocycles. The van der Waals surface area contributed by atoms with E-state index in [-0.39, 0.29) is 22.1 Å². The number of ether oxygens (including phenoxy) is 1. The highest BCUT2D eigenvalue weighted by molar-refractivity contribution is 6.51. The molecule has 0 bridgehead atoms. The summed E-state index contributed by atoms with van der Waals surface area (Å²) < 4.78 is 5.19. The van der Waals surface area contributed by atoms with E-state index in [0.717, 1.165) is 11.1 Å². The number of carbonyl (C=O) groups excluding carboxylic acids is 2. The van der Waals surface area contributed by atoms with Crippen LogP contribution in [0.4, 0.5) is 5.69 Å². The molecule has 0 aliphatic carbocycles. The van der Waals surface area contributed by atoms with E-state index in [9.17, 15) is 19.8 Å². The lowest BCUT2D eigenvalue weighted by Crippen LogP contribution is -2.29. The van der Waals surface area contributed by atoms with Crippen LogP contribution in [0.3, 0.4) is 0 Å². The second-order valence-electron chi connectivity index (χ2n) is 7.88. The molecule has 3 aromatic carbocycles. The lowest BCUT2D eigenvalue weighted by molar-refractivity contribution is -0.132. The topological polar surface area (TPSA) is 87.1 Å². The minimum absolute atomic E-state index is 0.0548. The van der Waals surface area contributed by atoms with E-state index in [1.54, 1.807) is 42.5 Å². The Morgan fingerprint density at radius 2 is 1.67 bits per heavy atom. The van der Waals surface area contributed by atoms with Gasteiger partial charge < -0.3 is 14.9 Å². The van der Waals surface area contributed by atoms with Gasteiger partial charge in [0, 0.05) is 11.3 Å². The fraction of sp³-hybridized carbons (Fsp3) is 0.154. The van der Waals surface area contributed by atoms with Crippen LogP contribution in [-0.2, 0) is 9.59 Å². The molecule has 6 nitrogen and oxygen atoms in total. The largest absolute Gasteiger partial charge is 0.507 e. The van der Waals surface area contributed by atoms with Crippen molar-refractivity contribution in [1.29, 1.82) is 0 Å². The van der Waals surface area contributed by atoms with Crippen LogP contribution in [0.2, 0.25) is 5.02 Å². The Morgan fingerprint density at radius 3 is 2.27 bits per heavy atom. The Morgan fingerprint density at radius 1 is 0.970 bits per heavy atom. The molecular weight excluding hydrogens is 442 g/mol. The van der Waals surface area contributed by atoms with Crippen LogP contribution in [0.5, 0.6) is 11.5 Å². The summed E-state index contributed by atoms with van der Waals surface area (Å²) in [4.78, 5) is 27.7. The van der Waals surface area contributed by atoms with Crippen molar-refractivity contribution in [3.8, 4) is 11.5 Å². The molecule has 0 saturated carbocycles. The Balaban J connectivity index is 1.95. The molecule has 1 saturated heterocycles. The van der Waals surface area contributed by atoms with E-state index < -0.39 is 17.7 Å². The summed E-state index contributed by atoms with van der Waals surface area (Å²) in [5.41, 5.74) is 3.27. The zero-order valence-corrected chi connectivity index (χ0v) is 19.1. The van der Waals surface area contributed by atoms with Gasteiger partial charge >= 0.3 is 0 Å². The maximum absolute atomic E-state index is 13.2. The minimum Gasteiger partial charge on any atom is -0.507 e. The van der Waals surface area contributed by atoms with Gasteiger partial charge in [0.1, 0.15) is 17.3 Å². The number of anilines is 1. The molecule has 0 aromatic heterocycles. The molecule has 1 amide bonds. The monoisotopic (exact) mass is 463 g/mol. The second-order valence-corrected chi connectivity index (χ2v) is 8.28. The summed E-state index contributed by atoms with van der Waals surface area (Å²) in [6.45, 7) is 3.85. The third kappa shape index (κ3) is 3.94. The summed E-state index contributed by atoms with van der Waals surface area (Å²) in [6, 6.07) is 15.5. The first kappa shape index (κ1) is 22.4. The maximum atomic E-state index is 13.2. The van der Waals surface area contributed by atoms with Gasteiger partial charge in [-0.05, 0) is 73.0 Å².